The van der Waals surface area contributed by atoms with Crippen LogP contribution in [0, 0.1) is 5.92 Å². The van der Waals surface area contributed by atoms with Gasteiger partial charge < -0.3 is 5.32 Å². The molecule has 0 saturated carbocycles. The molecule has 0 atom stereocenters. The summed E-state index contributed by atoms with van der Waals surface area (Å²) in [5.41, 5.74) is 0. The lowest BCUT2D eigenvalue weighted by atomic mass is 10.2. The molecule has 0 aliphatic rings. The normalized spacial score (nSPS) is 11.8. The molecule has 1 aromatic heterocycles. The number of hydrogen-bond acceptors (Lipinski definition) is 6. The van der Waals surface area contributed by atoms with Gasteiger partial charge in [0.15, 0.2) is 0 Å². The third kappa shape index (κ3) is 3.74. The van der Waals surface area contributed by atoms with Crippen LogP contribution in [0.1, 0.15) is 27.2 Å². The van der Waals surface area contributed by atoms with Crippen LogP contribution in [-0.4, -0.2) is 30.3 Å². The minimum absolute atomic E-state index is 0.0414. The number of aromatic nitrogens is 2. The highest BCUT2D eigenvalue weighted by atomic mass is 32.2. The second kappa shape index (κ2) is 5.54. The number of sulfone groups is 1. The van der Waals surface area contributed by atoms with Crippen LogP contribution in [0.3, 0.4) is 0 Å². The van der Waals surface area contributed by atoms with Gasteiger partial charge in [-0.25, -0.2) is 8.42 Å². The van der Waals surface area contributed by atoms with Gasteiger partial charge in [-0.1, -0.05) is 32.1 Å². The standard InChI is InChI=1S/C9H15N3O3S2/c1-4-5-17(14,15)9-12-11-8(16-9)10-7(13)6(2)3/h6H,4-5H2,1-3H3,(H,10,11,13). The maximum atomic E-state index is 11.7. The summed E-state index contributed by atoms with van der Waals surface area (Å²) in [6, 6.07) is 0. The van der Waals surface area contributed by atoms with E-state index in [1.165, 1.54) is 0 Å². The smallest absolute Gasteiger partial charge is 0.234 e. The van der Waals surface area contributed by atoms with Crippen LogP contribution in [0.5, 0.6) is 0 Å². The van der Waals surface area contributed by atoms with Crippen LogP contribution in [0.4, 0.5) is 5.13 Å². The minimum Gasteiger partial charge on any atom is -0.300 e. The van der Waals surface area contributed by atoms with Crippen molar-refractivity contribution in [2.75, 3.05) is 11.1 Å². The molecule has 0 radical (unpaired) electrons. The van der Waals surface area contributed by atoms with Crippen LogP contribution >= 0.6 is 11.3 Å². The molecule has 0 unspecified atom stereocenters. The zero-order valence-corrected chi connectivity index (χ0v) is 11.6. The highest BCUT2D eigenvalue weighted by Crippen LogP contribution is 2.21. The molecular weight excluding hydrogens is 262 g/mol. The van der Waals surface area contributed by atoms with Gasteiger partial charge in [0, 0.05) is 5.92 Å². The minimum atomic E-state index is -3.35. The first kappa shape index (κ1) is 14.0. The van der Waals surface area contributed by atoms with Gasteiger partial charge in [-0.2, -0.15) is 0 Å². The molecule has 8 heteroatoms. The number of hydrogen-bond donors (Lipinski definition) is 1. The van der Waals surface area contributed by atoms with Gasteiger partial charge in [-0.05, 0) is 6.42 Å². The van der Waals surface area contributed by atoms with Crippen LogP contribution in [0.2, 0.25) is 0 Å². The fraction of sp³-hybridized carbons (Fsp3) is 0.667. The van der Waals surface area contributed by atoms with E-state index in [2.05, 4.69) is 15.5 Å². The van der Waals surface area contributed by atoms with Crippen molar-refractivity contribution in [3.8, 4) is 0 Å². The van der Waals surface area contributed by atoms with E-state index >= 15 is 0 Å². The van der Waals surface area contributed by atoms with E-state index in [1.807, 2.05) is 0 Å². The Morgan fingerprint density at radius 3 is 2.59 bits per heavy atom. The van der Waals surface area contributed by atoms with E-state index in [1.54, 1.807) is 20.8 Å². The van der Waals surface area contributed by atoms with Gasteiger partial charge in [-0.15, -0.1) is 10.2 Å². The molecule has 17 heavy (non-hydrogen) atoms. The maximum absolute atomic E-state index is 11.7. The van der Waals surface area contributed by atoms with Crippen LogP contribution < -0.4 is 5.32 Å². The SMILES string of the molecule is CCCS(=O)(=O)c1nnc(NC(=O)C(C)C)s1. The molecule has 1 heterocycles. The number of carbonyl (C=O) groups excluding carboxylic acids is 1. The molecule has 0 fully saturated rings. The van der Waals surface area contributed by atoms with Gasteiger partial charge >= 0.3 is 0 Å². The van der Waals surface area contributed by atoms with Crippen molar-refractivity contribution in [1.29, 1.82) is 0 Å². The second-order valence-corrected chi connectivity index (χ2v) is 7.10. The Labute approximate surface area is 104 Å². The first-order chi connectivity index (χ1) is 7.86. The number of carbonyl (C=O) groups is 1. The quantitative estimate of drug-likeness (QED) is 0.820. The zero-order valence-electron chi connectivity index (χ0n) is 9.93. The summed E-state index contributed by atoms with van der Waals surface area (Å²) >= 11 is 0.883. The average molecular weight is 277 g/mol. The molecule has 6 nitrogen and oxygen atoms in total. The summed E-state index contributed by atoms with van der Waals surface area (Å²) in [6.07, 6.45) is 0.523. The molecule has 0 aliphatic carbocycles. The van der Waals surface area contributed by atoms with E-state index in [0.29, 0.717) is 6.42 Å². The van der Waals surface area contributed by atoms with E-state index < -0.39 is 9.84 Å². The first-order valence-corrected chi connectivity index (χ1v) is 7.70. The Morgan fingerprint density at radius 2 is 2.06 bits per heavy atom. The Bertz CT molecular complexity index is 493. The number of nitrogens with zero attached hydrogens (tertiary/aromatic N) is 2. The van der Waals surface area contributed by atoms with Gasteiger partial charge in [0.1, 0.15) is 0 Å². The molecule has 1 aromatic rings. The molecule has 0 spiro atoms. The summed E-state index contributed by atoms with van der Waals surface area (Å²) in [6.45, 7) is 5.26. The molecule has 0 aliphatic heterocycles. The predicted octanol–water partition coefficient (Wildman–Crippen LogP) is 1.32. The zero-order chi connectivity index (χ0) is 13.1. The lowest BCUT2D eigenvalue weighted by Gasteiger charge is -2.02. The molecule has 96 valence electrons. The van der Waals surface area contributed by atoms with Crippen LogP contribution in [0.25, 0.3) is 0 Å². The van der Waals surface area contributed by atoms with E-state index in [0.717, 1.165) is 11.3 Å². The maximum Gasteiger partial charge on any atom is 0.234 e. The lowest BCUT2D eigenvalue weighted by Crippen LogP contribution is -2.17. The van der Waals surface area contributed by atoms with Crippen LogP contribution in [0.15, 0.2) is 4.34 Å². The second-order valence-electron chi connectivity index (χ2n) is 3.84. The fourth-order valence-electron chi connectivity index (χ4n) is 0.992. The fourth-order valence-corrected chi connectivity index (χ4v) is 3.34. The summed E-state index contributed by atoms with van der Waals surface area (Å²) in [7, 11) is -3.35. The van der Waals surface area contributed by atoms with Crippen molar-refractivity contribution in [3.63, 3.8) is 0 Å². The van der Waals surface area contributed by atoms with Crippen molar-refractivity contribution in [1.82, 2.24) is 10.2 Å². The molecule has 0 aromatic carbocycles. The van der Waals surface area contributed by atoms with Gasteiger partial charge in [-0.3, -0.25) is 4.79 Å². The highest BCUT2D eigenvalue weighted by Gasteiger charge is 2.20. The highest BCUT2D eigenvalue weighted by molar-refractivity contribution is 7.93. The van der Waals surface area contributed by atoms with Crippen molar-refractivity contribution in [2.45, 2.75) is 31.5 Å². The number of anilines is 1. The number of rotatable bonds is 5. The Hall–Kier alpha value is -1.02. The van der Waals surface area contributed by atoms with Crippen molar-refractivity contribution in [3.05, 3.63) is 0 Å². The largest absolute Gasteiger partial charge is 0.300 e. The number of nitrogens with one attached hydrogen (secondary N) is 1. The summed E-state index contributed by atoms with van der Waals surface area (Å²) in [5, 5.41) is 9.97. The van der Waals surface area contributed by atoms with Gasteiger partial charge in [0.2, 0.25) is 25.2 Å². The lowest BCUT2D eigenvalue weighted by molar-refractivity contribution is -0.118. The molecule has 1 amide bonds. The van der Waals surface area contributed by atoms with Crippen LogP contribution in [-0.2, 0) is 14.6 Å². The van der Waals surface area contributed by atoms with Gasteiger partial charge in [0.05, 0.1) is 5.75 Å². The molecular formula is C9H15N3O3S2. The monoisotopic (exact) mass is 277 g/mol. The van der Waals surface area contributed by atoms with Crippen molar-refractivity contribution >= 4 is 32.2 Å². The molecule has 1 N–H and O–H groups in total. The summed E-state index contributed by atoms with van der Waals surface area (Å²) in [4.78, 5) is 11.4. The van der Waals surface area contributed by atoms with E-state index in [4.69, 9.17) is 0 Å². The topological polar surface area (TPSA) is 89.0 Å². The summed E-state index contributed by atoms with van der Waals surface area (Å²) < 4.78 is 23.3. The van der Waals surface area contributed by atoms with E-state index in [9.17, 15) is 13.2 Å². The average Bonchev–Trinajstić information content (AvgIpc) is 2.66. The Kier molecular flexibility index (Phi) is 4.58. The van der Waals surface area contributed by atoms with Crippen molar-refractivity contribution < 1.29 is 13.2 Å². The van der Waals surface area contributed by atoms with Gasteiger partial charge in [0.25, 0.3) is 0 Å². The predicted molar refractivity (Wildman–Crippen MR) is 65.7 cm³/mol. The molecule has 0 saturated heterocycles. The van der Waals surface area contributed by atoms with Crippen molar-refractivity contribution in [2.24, 2.45) is 5.92 Å². The molecule has 1 rings (SSSR count). The van der Waals surface area contributed by atoms with E-state index in [-0.39, 0.29) is 27.0 Å². The number of amides is 1. The summed E-state index contributed by atoms with van der Waals surface area (Å²) in [5.74, 6) is -0.352. The Balaban J connectivity index is 2.82. The molecule has 0 bridgehead atoms. The first-order valence-electron chi connectivity index (χ1n) is 5.24. The third-order valence-corrected chi connectivity index (χ3v) is 5.10. The Morgan fingerprint density at radius 1 is 1.41 bits per heavy atom. The third-order valence-electron chi connectivity index (χ3n) is 1.90.